The molecule has 0 bridgehead atoms. The van der Waals surface area contributed by atoms with Crippen LogP contribution in [0, 0.1) is 0 Å². The smallest absolute Gasteiger partial charge is 0.407 e. The summed E-state index contributed by atoms with van der Waals surface area (Å²) in [6.07, 6.45) is 0.401. The first kappa shape index (κ1) is 29.4. The third-order valence-corrected chi connectivity index (χ3v) is 7.58. The Morgan fingerprint density at radius 1 is 1.02 bits per heavy atom. The molecule has 5 rings (SSSR count). The summed E-state index contributed by atoms with van der Waals surface area (Å²) >= 11 is 6.28. The zero-order valence-corrected chi connectivity index (χ0v) is 24.3. The number of carbonyl (C=O) groups excluding carboxylic acids is 4. The number of nitrogens with zero attached hydrogens (tertiary/aromatic N) is 1. The van der Waals surface area contributed by atoms with Gasteiger partial charge in [0.2, 0.25) is 0 Å². The molecule has 9 nitrogen and oxygen atoms in total. The third-order valence-electron chi connectivity index (χ3n) is 7.34. The van der Waals surface area contributed by atoms with Gasteiger partial charge in [-0.1, -0.05) is 66.2 Å². The Bertz CT molecular complexity index is 1530. The number of imide groups is 3. The molecule has 4 amide bonds. The summed E-state index contributed by atoms with van der Waals surface area (Å²) in [6.45, 7) is 5.58. The number of rotatable bonds is 5. The van der Waals surface area contributed by atoms with Crippen LogP contribution in [-0.2, 0) is 26.5 Å². The quantitative estimate of drug-likeness (QED) is 0.373. The maximum Gasteiger partial charge on any atom is 0.407 e. The van der Waals surface area contributed by atoms with Crippen LogP contribution in [0.3, 0.4) is 0 Å². The lowest BCUT2D eigenvalue weighted by molar-refractivity contribution is -0.153. The van der Waals surface area contributed by atoms with E-state index in [4.69, 9.17) is 16.3 Å². The van der Waals surface area contributed by atoms with Crippen molar-refractivity contribution >= 4 is 35.4 Å². The van der Waals surface area contributed by atoms with E-state index in [1.807, 2.05) is 0 Å². The van der Waals surface area contributed by atoms with Crippen molar-refractivity contribution in [2.24, 2.45) is 0 Å². The normalized spacial score (nSPS) is 16.7. The predicted octanol–water partition coefficient (Wildman–Crippen LogP) is 4.53. The Hall–Kier alpha value is -4.05. The number of alkyl carbamates (subject to hydrolysis) is 1. The maximum absolute atomic E-state index is 14.5. The molecule has 1 aliphatic carbocycles. The second-order valence-electron chi connectivity index (χ2n) is 11.4. The molecule has 1 atom stereocenters. The number of fused-ring (bicyclic) bond motifs is 3. The number of halogens is 1. The van der Waals surface area contributed by atoms with Gasteiger partial charge in [-0.25, -0.2) is 9.69 Å². The third kappa shape index (κ3) is 5.43. The van der Waals surface area contributed by atoms with E-state index in [-0.39, 0.29) is 28.3 Å². The van der Waals surface area contributed by atoms with Gasteiger partial charge in [-0.05, 0) is 69.0 Å². The molecule has 10 heteroatoms. The molecular weight excluding hydrogens is 558 g/mol. The van der Waals surface area contributed by atoms with Crippen molar-refractivity contribution < 1.29 is 29.0 Å². The zero-order valence-electron chi connectivity index (χ0n) is 23.6. The molecule has 0 spiro atoms. The first-order valence-corrected chi connectivity index (χ1v) is 14.1. The van der Waals surface area contributed by atoms with Crippen molar-refractivity contribution in [3.63, 3.8) is 0 Å². The summed E-state index contributed by atoms with van der Waals surface area (Å²) in [5, 5.41) is 18.1. The number of carbonyl (C=O) groups is 4. The van der Waals surface area contributed by atoms with Gasteiger partial charge in [0.05, 0.1) is 6.04 Å². The van der Waals surface area contributed by atoms with Crippen LogP contribution in [0.5, 0.6) is 0 Å². The van der Waals surface area contributed by atoms with Crippen molar-refractivity contribution in [3.05, 3.63) is 94.0 Å². The van der Waals surface area contributed by atoms with E-state index in [0.717, 1.165) is 0 Å². The molecule has 3 aromatic rings. The fourth-order valence-electron chi connectivity index (χ4n) is 5.45. The van der Waals surface area contributed by atoms with Crippen molar-refractivity contribution in [1.82, 2.24) is 15.5 Å². The van der Waals surface area contributed by atoms with E-state index in [2.05, 4.69) is 10.6 Å². The van der Waals surface area contributed by atoms with Crippen molar-refractivity contribution in [1.29, 1.82) is 0 Å². The number of hydrogen-bond donors (Lipinski definition) is 3. The fraction of sp³-hybridized carbons (Fsp3) is 0.312. The Morgan fingerprint density at radius 2 is 1.64 bits per heavy atom. The first-order chi connectivity index (χ1) is 19.9. The Labute approximate surface area is 248 Å². The van der Waals surface area contributed by atoms with Gasteiger partial charge >= 0.3 is 6.09 Å². The summed E-state index contributed by atoms with van der Waals surface area (Å²) < 4.78 is 5.30. The van der Waals surface area contributed by atoms with Crippen LogP contribution in [0.15, 0.2) is 66.7 Å². The van der Waals surface area contributed by atoms with Gasteiger partial charge < -0.3 is 20.5 Å². The second kappa shape index (κ2) is 11.3. The Morgan fingerprint density at radius 3 is 2.21 bits per heavy atom. The molecule has 0 saturated carbocycles. The molecule has 1 fully saturated rings. The van der Waals surface area contributed by atoms with E-state index >= 15 is 0 Å². The summed E-state index contributed by atoms with van der Waals surface area (Å²) in [7, 11) is 0. The first-order valence-electron chi connectivity index (χ1n) is 13.7. The van der Waals surface area contributed by atoms with E-state index in [1.54, 1.807) is 69.3 Å². The minimum atomic E-state index is -2.30. The van der Waals surface area contributed by atoms with Gasteiger partial charge in [-0.2, -0.15) is 0 Å². The Balaban J connectivity index is 1.58. The topological polar surface area (TPSA) is 125 Å². The molecule has 3 aromatic carbocycles. The van der Waals surface area contributed by atoms with E-state index < -0.39 is 41.1 Å². The van der Waals surface area contributed by atoms with E-state index in [0.29, 0.717) is 41.0 Å². The molecule has 1 heterocycles. The lowest BCUT2D eigenvalue weighted by Gasteiger charge is -2.31. The highest BCUT2D eigenvalue weighted by Gasteiger charge is 2.53. The molecule has 0 aromatic heterocycles. The van der Waals surface area contributed by atoms with Gasteiger partial charge in [-0.3, -0.25) is 14.4 Å². The van der Waals surface area contributed by atoms with Crippen LogP contribution >= 0.6 is 11.6 Å². The highest BCUT2D eigenvalue weighted by molar-refractivity contribution is 6.31. The van der Waals surface area contributed by atoms with Crippen LogP contribution in [0.25, 0.3) is 11.1 Å². The minimum Gasteiger partial charge on any atom is -0.444 e. The van der Waals surface area contributed by atoms with Crippen molar-refractivity contribution in [2.45, 2.75) is 57.4 Å². The Kier molecular flexibility index (Phi) is 7.94. The average Bonchev–Trinajstić information content (AvgIpc) is 3.58. The molecule has 42 heavy (non-hydrogen) atoms. The number of nitrogens with one attached hydrogen (secondary N) is 2. The largest absolute Gasteiger partial charge is 0.444 e. The van der Waals surface area contributed by atoms with Crippen molar-refractivity contribution in [2.75, 3.05) is 6.54 Å². The summed E-state index contributed by atoms with van der Waals surface area (Å²) in [4.78, 5) is 55.6. The number of benzene rings is 3. The molecule has 218 valence electrons. The second-order valence-corrected chi connectivity index (χ2v) is 11.8. The molecular formula is C32H32ClN3O6. The van der Waals surface area contributed by atoms with Crippen molar-refractivity contribution in [3.8, 4) is 11.1 Å². The highest BCUT2D eigenvalue weighted by atomic mass is 35.5. The van der Waals surface area contributed by atoms with Crippen LogP contribution in [0.1, 0.15) is 60.7 Å². The van der Waals surface area contributed by atoms with Crippen LogP contribution in [0.2, 0.25) is 5.02 Å². The lowest BCUT2D eigenvalue weighted by Crippen LogP contribution is -2.56. The van der Waals surface area contributed by atoms with Gasteiger partial charge in [0.15, 0.2) is 5.60 Å². The van der Waals surface area contributed by atoms with Gasteiger partial charge in [0.1, 0.15) is 5.60 Å². The number of amides is 4. The minimum absolute atomic E-state index is 0.0681. The number of aliphatic hydroxyl groups is 1. The van der Waals surface area contributed by atoms with Gasteiger partial charge in [-0.15, -0.1) is 0 Å². The van der Waals surface area contributed by atoms with Crippen LogP contribution < -0.4 is 10.6 Å². The molecule has 1 aliphatic heterocycles. The summed E-state index contributed by atoms with van der Waals surface area (Å²) in [6, 6.07) is 17.4. The predicted molar refractivity (Wildman–Crippen MR) is 157 cm³/mol. The van der Waals surface area contributed by atoms with Gasteiger partial charge in [0, 0.05) is 28.3 Å². The van der Waals surface area contributed by atoms with E-state index in [9.17, 15) is 24.3 Å². The zero-order chi connectivity index (χ0) is 30.2. The van der Waals surface area contributed by atoms with E-state index in [1.165, 1.54) is 18.2 Å². The maximum atomic E-state index is 14.5. The standard InChI is InChI=1S/C32H32ClN3O6/c1-31(2,3)42-30(40)35-18-19-14-15-20(33)17-23(19)27(37)36(28(38)26-13-8-16-34-26)29(39)32(41)24-11-6-4-9-21(24)22-10-5-7-12-25(22)32/h4-7,9-12,14-15,17,26,34,41H,8,13,16,18H2,1-3H3,(H,35,40)/t26-/m0/s1. The summed E-state index contributed by atoms with van der Waals surface area (Å²) in [5.74, 6) is -2.82. The molecule has 1 saturated heterocycles. The molecule has 0 radical (unpaired) electrons. The molecule has 0 unspecified atom stereocenters. The average molecular weight is 590 g/mol. The summed E-state index contributed by atoms with van der Waals surface area (Å²) in [5.41, 5.74) is -0.986. The molecule has 3 N–H and O–H groups in total. The van der Waals surface area contributed by atoms with Crippen LogP contribution in [0.4, 0.5) is 4.79 Å². The fourth-order valence-corrected chi connectivity index (χ4v) is 5.62. The monoisotopic (exact) mass is 589 g/mol. The lowest BCUT2D eigenvalue weighted by atomic mass is 9.89. The highest BCUT2D eigenvalue weighted by Crippen LogP contribution is 2.48. The number of hydrogen-bond acceptors (Lipinski definition) is 7. The number of ether oxygens (including phenoxy) is 1. The van der Waals surface area contributed by atoms with Crippen LogP contribution in [-0.4, -0.2) is 52.0 Å². The molecule has 2 aliphatic rings. The van der Waals surface area contributed by atoms with Gasteiger partial charge in [0.25, 0.3) is 17.7 Å². The SMILES string of the molecule is CC(C)(C)OC(=O)NCc1ccc(Cl)cc1C(=O)N(C(=O)[C@@H]1CCCN1)C(=O)C1(O)c2ccccc2-c2ccccc21.